The minimum Gasteiger partial charge on any atom is -0.493 e. The number of methoxy groups -OCH3 is 3. The van der Waals surface area contributed by atoms with E-state index in [4.69, 9.17) is 30.5 Å². The molecule has 7 nitrogen and oxygen atoms in total. The van der Waals surface area contributed by atoms with Crippen LogP contribution in [-0.2, 0) is 14.3 Å². The van der Waals surface area contributed by atoms with Gasteiger partial charge in [0, 0.05) is 5.02 Å². The highest BCUT2D eigenvalue weighted by Gasteiger charge is 2.24. The van der Waals surface area contributed by atoms with Gasteiger partial charge in [-0.3, -0.25) is 9.59 Å². The number of rotatable bonds is 9. The minimum absolute atomic E-state index is 0.0512. The quantitative estimate of drug-likeness (QED) is 0.602. The lowest BCUT2D eigenvalue weighted by atomic mass is 10.0. The Kier molecular flexibility index (Phi) is 8.35. The number of carbonyl (C=O) groups excluding carboxylic acids is 2. The van der Waals surface area contributed by atoms with Gasteiger partial charge in [-0.2, -0.15) is 0 Å². The molecule has 2 rings (SSSR count). The number of hydrogen-bond acceptors (Lipinski definition) is 6. The third-order valence-corrected chi connectivity index (χ3v) is 4.77. The van der Waals surface area contributed by atoms with Gasteiger partial charge in [0.25, 0.3) is 5.91 Å². The summed E-state index contributed by atoms with van der Waals surface area (Å²) >= 11 is 5.96. The summed E-state index contributed by atoms with van der Waals surface area (Å²) in [5, 5.41) is 3.44. The Morgan fingerprint density at radius 1 is 1.00 bits per heavy atom. The first-order chi connectivity index (χ1) is 14.3. The van der Waals surface area contributed by atoms with Gasteiger partial charge >= 0.3 is 5.97 Å². The second kappa shape index (κ2) is 10.7. The molecule has 0 bridgehead atoms. The maximum absolute atomic E-state index is 12.8. The van der Waals surface area contributed by atoms with E-state index in [9.17, 15) is 9.59 Å². The first kappa shape index (κ1) is 23.3. The number of esters is 1. The van der Waals surface area contributed by atoms with Crippen molar-refractivity contribution in [3.8, 4) is 17.2 Å². The number of amides is 1. The molecule has 162 valence electrons. The Morgan fingerprint density at radius 3 is 2.27 bits per heavy atom. The smallest absolute Gasteiger partial charge is 0.307 e. The first-order valence-corrected chi connectivity index (χ1v) is 9.68. The van der Waals surface area contributed by atoms with Crippen molar-refractivity contribution in [2.75, 3.05) is 21.3 Å². The summed E-state index contributed by atoms with van der Waals surface area (Å²) < 4.78 is 21.1. The van der Waals surface area contributed by atoms with Crippen LogP contribution in [0.15, 0.2) is 36.4 Å². The summed E-state index contributed by atoms with van der Waals surface area (Å²) in [5.41, 5.74) is 1.48. The molecule has 1 N–H and O–H groups in total. The zero-order chi connectivity index (χ0) is 22.3. The van der Waals surface area contributed by atoms with E-state index < -0.39 is 18.1 Å². The average molecular weight is 436 g/mol. The number of benzene rings is 2. The van der Waals surface area contributed by atoms with Gasteiger partial charge in [0.2, 0.25) is 0 Å². The Bertz CT molecular complexity index is 901. The third kappa shape index (κ3) is 6.03. The Morgan fingerprint density at radius 2 is 1.67 bits per heavy atom. The number of nitrogens with one attached hydrogen (secondary N) is 1. The largest absolute Gasteiger partial charge is 0.493 e. The van der Waals surface area contributed by atoms with Gasteiger partial charge in [0.05, 0.1) is 33.8 Å². The Hall–Kier alpha value is -2.93. The summed E-state index contributed by atoms with van der Waals surface area (Å²) in [5.74, 6) is 0.738. The van der Waals surface area contributed by atoms with Crippen LogP contribution in [0, 0.1) is 6.92 Å². The van der Waals surface area contributed by atoms with Crippen molar-refractivity contribution in [2.45, 2.75) is 32.4 Å². The van der Waals surface area contributed by atoms with Crippen molar-refractivity contribution in [3.05, 3.63) is 52.5 Å². The minimum atomic E-state index is -0.801. The summed E-state index contributed by atoms with van der Waals surface area (Å²) in [6.45, 7) is 3.47. The predicted molar refractivity (Wildman–Crippen MR) is 113 cm³/mol. The highest BCUT2D eigenvalue weighted by molar-refractivity contribution is 6.30. The van der Waals surface area contributed by atoms with Gasteiger partial charge in [0.15, 0.2) is 17.6 Å². The van der Waals surface area contributed by atoms with Crippen molar-refractivity contribution in [3.63, 3.8) is 0 Å². The lowest BCUT2D eigenvalue weighted by Crippen LogP contribution is -2.39. The van der Waals surface area contributed by atoms with E-state index in [1.807, 2.05) is 6.92 Å². The van der Waals surface area contributed by atoms with Crippen LogP contribution >= 0.6 is 11.6 Å². The molecule has 0 aliphatic rings. The van der Waals surface area contributed by atoms with E-state index in [0.717, 1.165) is 5.56 Å². The van der Waals surface area contributed by atoms with Gasteiger partial charge in [-0.1, -0.05) is 17.7 Å². The monoisotopic (exact) mass is 435 g/mol. The van der Waals surface area contributed by atoms with Crippen LogP contribution in [-0.4, -0.2) is 39.3 Å². The molecule has 0 aliphatic carbocycles. The molecular formula is C22H26ClNO6. The lowest BCUT2D eigenvalue weighted by Gasteiger charge is -2.22. The Labute approximate surface area is 181 Å². The molecule has 2 aromatic rings. The normalized spacial score (nSPS) is 12.5. The molecule has 2 aromatic carbocycles. The summed E-state index contributed by atoms with van der Waals surface area (Å²) in [4.78, 5) is 24.7. The fourth-order valence-corrected chi connectivity index (χ4v) is 3.08. The molecule has 0 fully saturated rings. The van der Waals surface area contributed by atoms with E-state index in [2.05, 4.69) is 5.32 Å². The zero-order valence-electron chi connectivity index (χ0n) is 17.7. The third-order valence-electron chi connectivity index (χ3n) is 4.53. The van der Waals surface area contributed by atoms with Crippen LogP contribution in [0.4, 0.5) is 0 Å². The summed E-state index contributed by atoms with van der Waals surface area (Å²) in [7, 11) is 4.34. The fourth-order valence-electron chi connectivity index (χ4n) is 2.85. The molecule has 0 saturated carbocycles. The molecule has 0 radical (unpaired) electrons. The molecule has 0 saturated heterocycles. The molecule has 2 atom stereocenters. The fraction of sp³-hybridized carbons (Fsp3) is 0.364. The molecule has 0 aromatic heterocycles. The van der Waals surface area contributed by atoms with E-state index in [-0.39, 0.29) is 12.3 Å². The summed E-state index contributed by atoms with van der Waals surface area (Å²) in [6, 6.07) is 9.69. The van der Waals surface area contributed by atoms with Crippen molar-refractivity contribution in [2.24, 2.45) is 0 Å². The highest BCUT2D eigenvalue weighted by Crippen LogP contribution is 2.31. The van der Waals surface area contributed by atoms with Gasteiger partial charge in [0.1, 0.15) is 5.75 Å². The molecule has 8 heteroatoms. The predicted octanol–water partition coefficient (Wildman–Crippen LogP) is 3.85. The van der Waals surface area contributed by atoms with Crippen LogP contribution in [0.1, 0.15) is 30.5 Å². The highest BCUT2D eigenvalue weighted by atomic mass is 35.5. The Balaban J connectivity index is 2.20. The molecular weight excluding hydrogens is 410 g/mol. The maximum Gasteiger partial charge on any atom is 0.307 e. The van der Waals surface area contributed by atoms with Gasteiger partial charge in [-0.05, 0) is 55.3 Å². The summed E-state index contributed by atoms with van der Waals surface area (Å²) in [6.07, 6.45) is -0.852. The number of halogens is 1. The molecule has 0 aliphatic heterocycles. The average Bonchev–Trinajstić information content (AvgIpc) is 2.74. The number of carbonyl (C=O) groups is 2. The van der Waals surface area contributed by atoms with Gasteiger partial charge in [-0.15, -0.1) is 0 Å². The van der Waals surface area contributed by atoms with Crippen molar-refractivity contribution >= 4 is 23.5 Å². The standard InChI is InChI=1S/C22H26ClNO6/c1-13-10-16(23)7-9-18(13)30-14(2)22(26)24-17(12-21(25)29-5)15-6-8-19(27-3)20(11-15)28-4/h6-11,14,17H,12H2,1-5H3,(H,24,26). The van der Waals surface area contributed by atoms with E-state index in [1.54, 1.807) is 43.3 Å². The number of hydrogen-bond donors (Lipinski definition) is 1. The molecule has 0 heterocycles. The van der Waals surface area contributed by atoms with Crippen LogP contribution in [0.25, 0.3) is 0 Å². The van der Waals surface area contributed by atoms with E-state index in [1.165, 1.54) is 21.3 Å². The molecule has 1 amide bonds. The van der Waals surface area contributed by atoms with E-state index in [0.29, 0.717) is 27.8 Å². The zero-order valence-corrected chi connectivity index (χ0v) is 18.4. The molecule has 30 heavy (non-hydrogen) atoms. The molecule has 2 unspecified atom stereocenters. The van der Waals surface area contributed by atoms with Crippen molar-refractivity contribution < 1.29 is 28.5 Å². The molecule has 0 spiro atoms. The SMILES string of the molecule is COC(=O)CC(NC(=O)C(C)Oc1ccc(Cl)cc1C)c1ccc(OC)c(OC)c1. The lowest BCUT2D eigenvalue weighted by molar-refractivity contribution is -0.141. The van der Waals surface area contributed by atoms with Crippen LogP contribution < -0.4 is 19.5 Å². The van der Waals surface area contributed by atoms with Crippen LogP contribution in [0.2, 0.25) is 5.02 Å². The van der Waals surface area contributed by atoms with Crippen molar-refractivity contribution in [1.82, 2.24) is 5.32 Å². The number of ether oxygens (including phenoxy) is 4. The van der Waals surface area contributed by atoms with Crippen LogP contribution in [0.5, 0.6) is 17.2 Å². The first-order valence-electron chi connectivity index (χ1n) is 9.31. The van der Waals surface area contributed by atoms with E-state index >= 15 is 0 Å². The topological polar surface area (TPSA) is 83.1 Å². The number of aryl methyl sites for hydroxylation is 1. The van der Waals surface area contributed by atoms with Crippen molar-refractivity contribution in [1.29, 1.82) is 0 Å². The van der Waals surface area contributed by atoms with Gasteiger partial charge < -0.3 is 24.3 Å². The van der Waals surface area contributed by atoms with Gasteiger partial charge in [-0.25, -0.2) is 0 Å². The second-order valence-corrected chi connectivity index (χ2v) is 7.06. The second-order valence-electron chi connectivity index (χ2n) is 6.63. The maximum atomic E-state index is 12.8. The van der Waals surface area contributed by atoms with Crippen LogP contribution in [0.3, 0.4) is 0 Å².